The topological polar surface area (TPSA) is 144 Å². The molecule has 3 aromatic rings. The van der Waals surface area contributed by atoms with Crippen LogP contribution >= 0.6 is 0 Å². The van der Waals surface area contributed by atoms with Crippen LogP contribution in [0.15, 0.2) is 30.7 Å². The van der Waals surface area contributed by atoms with E-state index in [0.717, 1.165) is 18.8 Å². The van der Waals surface area contributed by atoms with Crippen LogP contribution in [0.4, 0.5) is 11.6 Å². The third-order valence-corrected chi connectivity index (χ3v) is 4.42. The Morgan fingerprint density at radius 3 is 2.73 bits per heavy atom. The highest BCUT2D eigenvalue weighted by atomic mass is 16.3. The number of carbonyl (C=O) groups excluding carboxylic acids is 1. The van der Waals surface area contributed by atoms with Gasteiger partial charge in [0.2, 0.25) is 0 Å². The number of β-amino-alcohol motifs (C(OH)–C–C–N with tert-alkyl or cyclic N) is 1. The molecular formula is C17H17N7O2. The van der Waals surface area contributed by atoms with Crippen molar-refractivity contribution in [1.29, 1.82) is 0 Å². The molecule has 9 nitrogen and oxygen atoms in total. The van der Waals surface area contributed by atoms with Gasteiger partial charge in [-0.25, -0.2) is 19.9 Å². The highest BCUT2D eigenvalue weighted by Gasteiger charge is 2.21. The first kappa shape index (κ1) is 16.2. The number of anilines is 2. The summed E-state index contributed by atoms with van der Waals surface area (Å²) in [5.74, 6) is 0.339. The van der Waals surface area contributed by atoms with E-state index in [0.29, 0.717) is 28.8 Å². The number of primary amides is 1. The Kier molecular flexibility index (Phi) is 3.85. The van der Waals surface area contributed by atoms with Crippen LogP contribution in [-0.4, -0.2) is 50.1 Å². The average Bonchev–Trinajstić information content (AvgIpc) is 3.08. The van der Waals surface area contributed by atoms with Crippen molar-refractivity contribution in [2.24, 2.45) is 5.73 Å². The second kappa shape index (κ2) is 6.19. The fraction of sp³-hybridized carbons (Fsp3) is 0.235. The predicted molar refractivity (Wildman–Crippen MR) is 96.3 cm³/mol. The molecule has 1 aliphatic heterocycles. The second-order valence-electron chi connectivity index (χ2n) is 6.17. The van der Waals surface area contributed by atoms with Gasteiger partial charge in [-0.05, 0) is 24.6 Å². The predicted octanol–water partition coefficient (Wildman–Crippen LogP) is 0.339. The Morgan fingerprint density at radius 2 is 2.08 bits per heavy atom. The van der Waals surface area contributed by atoms with Crippen LogP contribution in [0.2, 0.25) is 0 Å². The molecule has 0 saturated carbocycles. The van der Waals surface area contributed by atoms with Gasteiger partial charge in [0.15, 0.2) is 5.82 Å². The fourth-order valence-corrected chi connectivity index (χ4v) is 3.07. The number of aliphatic hydroxyl groups is 1. The third kappa shape index (κ3) is 2.78. The minimum Gasteiger partial charge on any atom is -0.391 e. The monoisotopic (exact) mass is 351 g/mol. The summed E-state index contributed by atoms with van der Waals surface area (Å²) in [7, 11) is 0. The normalized spacial score (nSPS) is 17.0. The molecule has 4 heterocycles. The van der Waals surface area contributed by atoms with Crippen molar-refractivity contribution in [3.05, 3.63) is 36.3 Å². The molecule has 5 N–H and O–H groups in total. The van der Waals surface area contributed by atoms with E-state index >= 15 is 0 Å². The minimum atomic E-state index is -0.618. The molecule has 0 spiro atoms. The maximum atomic E-state index is 11.8. The zero-order chi connectivity index (χ0) is 18.3. The number of aromatic nitrogens is 4. The van der Waals surface area contributed by atoms with Crippen LogP contribution < -0.4 is 16.4 Å². The number of nitrogens with two attached hydrogens (primary N) is 2. The molecule has 1 fully saturated rings. The Morgan fingerprint density at radius 1 is 1.23 bits per heavy atom. The van der Waals surface area contributed by atoms with Crippen LogP contribution in [0.25, 0.3) is 22.3 Å². The number of nitrogen functional groups attached to an aromatic ring is 1. The molecule has 0 aromatic carbocycles. The standard InChI is InChI=1S/C17H17N7O2/c18-16-15-14(21-8-22-16)11(17(19)26)5-12(23-15)9-1-2-13(20-6-9)24-4-3-10(25)7-24/h1-2,5-6,8,10,25H,3-4,7H2,(H2,19,26)(H2,18,21,22). The number of amides is 1. The Bertz CT molecular complexity index is 990. The first-order valence-corrected chi connectivity index (χ1v) is 8.13. The molecule has 1 aliphatic rings. The van der Waals surface area contributed by atoms with Crippen molar-refractivity contribution < 1.29 is 9.90 Å². The van der Waals surface area contributed by atoms with Gasteiger partial charge in [0.25, 0.3) is 5.91 Å². The maximum absolute atomic E-state index is 11.8. The molecule has 9 heteroatoms. The number of pyridine rings is 2. The molecule has 1 unspecified atom stereocenters. The number of fused-ring (bicyclic) bond motifs is 1. The SMILES string of the molecule is NC(=O)c1cc(-c2ccc(N3CCC(O)C3)nc2)nc2c(N)ncnc12. The Hall–Kier alpha value is -3.33. The van der Waals surface area contributed by atoms with Gasteiger partial charge in [0.05, 0.1) is 17.4 Å². The van der Waals surface area contributed by atoms with E-state index in [1.807, 2.05) is 17.0 Å². The van der Waals surface area contributed by atoms with E-state index in [1.165, 1.54) is 6.33 Å². The molecule has 1 atom stereocenters. The maximum Gasteiger partial charge on any atom is 0.251 e. The molecule has 132 valence electrons. The summed E-state index contributed by atoms with van der Waals surface area (Å²) in [6.45, 7) is 1.34. The molecule has 1 saturated heterocycles. The Balaban J connectivity index is 1.76. The van der Waals surface area contributed by atoms with Crippen LogP contribution in [0, 0.1) is 0 Å². The number of carbonyl (C=O) groups is 1. The first-order chi connectivity index (χ1) is 12.5. The molecule has 0 radical (unpaired) electrons. The highest BCUT2D eigenvalue weighted by Crippen LogP contribution is 2.26. The summed E-state index contributed by atoms with van der Waals surface area (Å²) in [6, 6.07) is 5.29. The van der Waals surface area contributed by atoms with Crippen LogP contribution in [0.1, 0.15) is 16.8 Å². The fourth-order valence-electron chi connectivity index (χ4n) is 3.07. The molecule has 0 bridgehead atoms. The molecule has 1 amide bonds. The number of nitrogens with zero attached hydrogens (tertiary/aromatic N) is 5. The zero-order valence-electron chi connectivity index (χ0n) is 13.8. The van der Waals surface area contributed by atoms with Crippen molar-refractivity contribution in [3.63, 3.8) is 0 Å². The summed E-state index contributed by atoms with van der Waals surface area (Å²) >= 11 is 0. The van der Waals surface area contributed by atoms with Crippen LogP contribution in [0.5, 0.6) is 0 Å². The number of rotatable bonds is 3. The first-order valence-electron chi connectivity index (χ1n) is 8.13. The molecule has 0 aliphatic carbocycles. The van der Waals surface area contributed by atoms with Gasteiger partial charge in [-0.15, -0.1) is 0 Å². The van der Waals surface area contributed by atoms with Gasteiger partial charge >= 0.3 is 0 Å². The van der Waals surface area contributed by atoms with Gasteiger partial charge < -0.3 is 21.5 Å². The van der Waals surface area contributed by atoms with Gasteiger partial charge in [-0.2, -0.15) is 0 Å². The van der Waals surface area contributed by atoms with Crippen molar-refractivity contribution in [1.82, 2.24) is 19.9 Å². The minimum absolute atomic E-state index is 0.176. The molecular weight excluding hydrogens is 334 g/mol. The van der Waals surface area contributed by atoms with Gasteiger partial charge in [-0.3, -0.25) is 4.79 Å². The molecule has 26 heavy (non-hydrogen) atoms. The van der Waals surface area contributed by atoms with Crippen molar-refractivity contribution in [2.45, 2.75) is 12.5 Å². The van der Waals surface area contributed by atoms with Gasteiger partial charge in [0, 0.05) is 24.8 Å². The largest absolute Gasteiger partial charge is 0.391 e. The van der Waals surface area contributed by atoms with E-state index in [1.54, 1.807) is 12.3 Å². The lowest BCUT2D eigenvalue weighted by atomic mass is 10.1. The smallest absolute Gasteiger partial charge is 0.251 e. The molecule has 3 aromatic heterocycles. The summed E-state index contributed by atoms with van der Waals surface area (Å²) in [6.07, 6.45) is 3.35. The van der Waals surface area contributed by atoms with Gasteiger partial charge in [0.1, 0.15) is 23.2 Å². The van der Waals surface area contributed by atoms with E-state index < -0.39 is 5.91 Å². The number of aliphatic hydroxyl groups excluding tert-OH is 1. The molecule has 4 rings (SSSR count). The van der Waals surface area contributed by atoms with E-state index in [2.05, 4.69) is 19.9 Å². The number of hydrogen-bond donors (Lipinski definition) is 3. The summed E-state index contributed by atoms with van der Waals surface area (Å²) in [4.78, 5) is 30.7. The Labute approximate surface area is 148 Å². The van der Waals surface area contributed by atoms with Crippen molar-refractivity contribution >= 4 is 28.6 Å². The summed E-state index contributed by atoms with van der Waals surface area (Å²) < 4.78 is 0. The van der Waals surface area contributed by atoms with E-state index in [-0.39, 0.29) is 17.5 Å². The second-order valence-corrected chi connectivity index (χ2v) is 6.17. The quantitative estimate of drug-likeness (QED) is 0.612. The van der Waals surface area contributed by atoms with E-state index in [4.69, 9.17) is 11.5 Å². The lowest BCUT2D eigenvalue weighted by Gasteiger charge is -2.16. The zero-order valence-corrected chi connectivity index (χ0v) is 13.8. The van der Waals surface area contributed by atoms with E-state index in [9.17, 15) is 9.90 Å². The van der Waals surface area contributed by atoms with Gasteiger partial charge in [-0.1, -0.05) is 0 Å². The van der Waals surface area contributed by atoms with Crippen molar-refractivity contribution in [3.8, 4) is 11.3 Å². The number of hydrogen-bond acceptors (Lipinski definition) is 8. The highest BCUT2D eigenvalue weighted by molar-refractivity contribution is 6.06. The van der Waals surface area contributed by atoms with Crippen LogP contribution in [-0.2, 0) is 0 Å². The summed E-state index contributed by atoms with van der Waals surface area (Å²) in [5, 5.41) is 9.66. The lowest BCUT2D eigenvalue weighted by Crippen LogP contribution is -2.22. The third-order valence-electron chi connectivity index (χ3n) is 4.42. The average molecular weight is 351 g/mol. The van der Waals surface area contributed by atoms with Crippen LogP contribution in [0.3, 0.4) is 0 Å². The summed E-state index contributed by atoms with van der Waals surface area (Å²) in [5.41, 5.74) is 13.5. The lowest BCUT2D eigenvalue weighted by molar-refractivity contribution is 0.100. The van der Waals surface area contributed by atoms with Crippen molar-refractivity contribution in [2.75, 3.05) is 23.7 Å².